The summed E-state index contributed by atoms with van der Waals surface area (Å²) in [6.07, 6.45) is 3.82. The number of ether oxygens (including phenoxy) is 1. The van der Waals surface area contributed by atoms with E-state index in [0.717, 1.165) is 50.7 Å². The Morgan fingerprint density at radius 3 is 2.74 bits per heavy atom. The normalized spacial score (nSPS) is 16.3. The van der Waals surface area contributed by atoms with Crippen LogP contribution in [0.2, 0.25) is 0 Å². The highest BCUT2D eigenvalue weighted by atomic mass is 127. The number of nitrogens with zero attached hydrogens (tertiary/aromatic N) is 3. The fraction of sp³-hybridized carbons (Fsp3) is 0.478. The van der Waals surface area contributed by atoms with Crippen molar-refractivity contribution in [2.24, 2.45) is 4.99 Å². The molecule has 170 valence electrons. The molecule has 0 spiro atoms. The topological polar surface area (TPSA) is 61.8 Å². The maximum absolute atomic E-state index is 13.3. The van der Waals surface area contributed by atoms with Gasteiger partial charge in [-0.1, -0.05) is 12.1 Å². The molecule has 0 bridgehead atoms. The number of rotatable bonds is 8. The molecule has 0 aliphatic carbocycles. The fourth-order valence-electron chi connectivity index (χ4n) is 3.50. The summed E-state index contributed by atoms with van der Waals surface area (Å²) in [6, 6.07) is 12.7. The molecule has 1 aliphatic heterocycles. The number of aromatic nitrogens is 1. The van der Waals surface area contributed by atoms with Gasteiger partial charge in [0, 0.05) is 44.5 Å². The van der Waals surface area contributed by atoms with Gasteiger partial charge in [-0.05, 0) is 51.0 Å². The summed E-state index contributed by atoms with van der Waals surface area (Å²) < 4.78 is 19.1. The zero-order valence-electron chi connectivity index (χ0n) is 18.3. The van der Waals surface area contributed by atoms with Crippen molar-refractivity contribution < 1.29 is 9.13 Å². The van der Waals surface area contributed by atoms with Gasteiger partial charge >= 0.3 is 0 Å². The molecule has 1 aliphatic rings. The Bertz CT molecular complexity index is 800. The van der Waals surface area contributed by atoms with Crippen molar-refractivity contribution in [1.82, 2.24) is 20.5 Å². The van der Waals surface area contributed by atoms with Crippen molar-refractivity contribution in [3.63, 3.8) is 0 Å². The van der Waals surface area contributed by atoms with E-state index in [1.165, 1.54) is 12.1 Å². The van der Waals surface area contributed by atoms with Crippen LogP contribution in [0, 0.1) is 5.82 Å². The molecule has 0 saturated carbocycles. The quantitative estimate of drug-likeness (QED) is 0.303. The van der Waals surface area contributed by atoms with Crippen LogP contribution in [-0.2, 0) is 6.54 Å². The van der Waals surface area contributed by atoms with Gasteiger partial charge in [-0.3, -0.25) is 9.88 Å². The third-order valence-electron chi connectivity index (χ3n) is 5.02. The first-order valence-corrected chi connectivity index (χ1v) is 10.7. The Balaban J connectivity index is 0.00000341. The maximum Gasteiger partial charge on any atom is 0.191 e. The Labute approximate surface area is 201 Å². The van der Waals surface area contributed by atoms with E-state index in [1.807, 2.05) is 25.3 Å². The van der Waals surface area contributed by atoms with E-state index in [0.29, 0.717) is 18.3 Å². The van der Waals surface area contributed by atoms with E-state index < -0.39 is 0 Å². The van der Waals surface area contributed by atoms with Gasteiger partial charge in [-0.2, -0.15) is 0 Å². The first-order chi connectivity index (χ1) is 14.6. The van der Waals surface area contributed by atoms with Gasteiger partial charge < -0.3 is 15.4 Å². The largest absolute Gasteiger partial charge is 0.489 e. The molecule has 8 heteroatoms. The van der Waals surface area contributed by atoms with Crippen molar-refractivity contribution in [3.05, 3.63) is 60.2 Å². The first kappa shape index (κ1) is 25.3. The second-order valence-corrected chi connectivity index (χ2v) is 7.62. The van der Waals surface area contributed by atoms with E-state index in [-0.39, 0.29) is 35.9 Å². The van der Waals surface area contributed by atoms with Crippen molar-refractivity contribution in [1.29, 1.82) is 0 Å². The molecule has 1 fully saturated rings. The van der Waals surface area contributed by atoms with Crippen molar-refractivity contribution in [2.75, 3.05) is 26.2 Å². The number of hydrogen-bond donors (Lipinski definition) is 2. The molecule has 3 rings (SSSR count). The van der Waals surface area contributed by atoms with Crippen molar-refractivity contribution in [2.45, 2.75) is 45.4 Å². The highest BCUT2D eigenvalue weighted by molar-refractivity contribution is 14.0. The average Bonchev–Trinajstić information content (AvgIpc) is 2.74. The average molecular weight is 541 g/mol. The van der Waals surface area contributed by atoms with Crippen LogP contribution >= 0.6 is 24.0 Å². The predicted octanol–water partition coefficient (Wildman–Crippen LogP) is 3.83. The maximum atomic E-state index is 13.3. The number of guanidine groups is 1. The molecular formula is C23H33FIN5O. The molecule has 1 atom stereocenters. The summed E-state index contributed by atoms with van der Waals surface area (Å²) in [5, 5.41) is 6.86. The zero-order valence-corrected chi connectivity index (χ0v) is 20.6. The molecule has 1 aromatic carbocycles. The smallest absolute Gasteiger partial charge is 0.191 e. The molecule has 6 nitrogen and oxygen atoms in total. The lowest BCUT2D eigenvalue weighted by Crippen LogP contribution is -2.48. The minimum Gasteiger partial charge on any atom is -0.489 e. The number of likely N-dealkylation sites (tertiary alicyclic amines) is 1. The second-order valence-electron chi connectivity index (χ2n) is 7.62. The molecule has 0 amide bonds. The third kappa shape index (κ3) is 8.98. The molecule has 1 saturated heterocycles. The SMILES string of the molecule is CCNC(=NCC(C)Oc1cccc(F)c1)NC1CCN(Cc2ccccn2)CC1.I. The fourth-order valence-corrected chi connectivity index (χ4v) is 3.50. The van der Waals surface area contributed by atoms with Gasteiger partial charge in [0.2, 0.25) is 0 Å². The lowest BCUT2D eigenvalue weighted by atomic mass is 10.0. The van der Waals surface area contributed by atoms with Gasteiger partial charge in [0.25, 0.3) is 0 Å². The number of aliphatic imine (C=N–C) groups is 1. The summed E-state index contributed by atoms with van der Waals surface area (Å²) in [7, 11) is 0. The first-order valence-electron chi connectivity index (χ1n) is 10.7. The Hall–Kier alpha value is -1.94. The van der Waals surface area contributed by atoms with Crippen LogP contribution in [0.25, 0.3) is 0 Å². The number of benzene rings is 1. The molecule has 0 radical (unpaired) electrons. The van der Waals surface area contributed by atoms with Crippen LogP contribution < -0.4 is 15.4 Å². The highest BCUT2D eigenvalue weighted by Crippen LogP contribution is 2.14. The zero-order chi connectivity index (χ0) is 21.2. The number of halogens is 2. The standard InChI is InChI=1S/C23H32FN5O.HI/c1-3-25-23(27-16-18(2)30-22-9-6-7-19(24)15-22)28-20-10-13-29(14-11-20)17-21-8-4-5-12-26-21;/h4-9,12,15,18,20H,3,10-11,13-14,16-17H2,1-2H3,(H2,25,27,28);1H. The summed E-state index contributed by atoms with van der Waals surface area (Å²) in [6.45, 7) is 8.25. The minimum atomic E-state index is -0.299. The van der Waals surface area contributed by atoms with E-state index in [1.54, 1.807) is 12.1 Å². The van der Waals surface area contributed by atoms with Crippen LogP contribution in [0.15, 0.2) is 53.7 Å². The van der Waals surface area contributed by atoms with Crippen molar-refractivity contribution >= 4 is 29.9 Å². The lowest BCUT2D eigenvalue weighted by molar-refractivity contribution is 0.196. The predicted molar refractivity (Wildman–Crippen MR) is 134 cm³/mol. The summed E-state index contributed by atoms with van der Waals surface area (Å²) >= 11 is 0. The van der Waals surface area contributed by atoms with Crippen LogP contribution in [0.5, 0.6) is 5.75 Å². The number of hydrogen-bond acceptors (Lipinski definition) is 4. The van der Waals surface area contributed by atoms with E-state index in [4.69, 9.17) is 4.74 Å². The monoisotopic (exact) mass is 541 g/mol. The van der Waals surface area contributed by atoms with E-state index in [9.17, 15) is 4.39 Å². The van der Waals surface area contributed by atoms with Gasteiger partial charge in [-0.15, -0.1) is 24.0 Å². The van der Waals surface area contributed by atoms with Crippen LogP contribution in [0.4, 0.5) is 4.39 Å². The molecule has 1 aromatic heterocycles. The summed E-state index contributed by atoms with van der Waals surface area (Å²) in [4.78, 5) is 11.5. The van der Waals surface area contributed by atoms with Gasteiger partial charge in [0.1, 0.15) is 17.7 Å². The van der Waals surface area contributed by atoms with Crippen molar-refractivity contribution in [3.8, 4) is 5.75 Å². The van der Waals surface area contributed by atoms with Crippen LogP contribution in [0.1, 0.15) is 32.4 Å². The molecule has 1 unspecified atom stereocenters. The molecule has 31 heavy (non-hydrogen) atoms. The van der Waals surface area contributed by atoms with Gasteiger partial charge in [0.15, 0.2) is 5.96 Å². The molecular weight excluding hydrogens is 508 g/mol. The lowest BCUT2D eigenvalue weighted by Gasteiger charge is -2.33. The summed E-state index contributed by atoms with van der Waals surface area (Å²) in [5.41, 5.74) is 1.12. The Morgan fingerprint density at radius 1 is 1.26 bits per heavy atom. The second kappa shape index (κ2) is 13.5. The molecule has 2 heterocycles. The Kier molecular flexibility index (Phi) is 11.0. The highest BCUT2D eigenvalue weighted by Gasteiger charge is 2.20. The molecule has 2 N–H and O–H groups in total. The van der Waals surface area contributed by atoms with Gasteiger partial charge in [0.05, 0.1) is 12.2 Å². The van der Waals surface area contributed by atoms with Gasteiger partial charge in [-0.25, -0.2) is 9.38 Å². The van der Waals surface area contributed by atoms with E-state index >= 15 is 0 Å². The summed E-state index contributed by atoms with van der Waals surface area (Å²) in [5.74, 6) is 1.03. The number of piperidine rings is 1. The molecule has 2 aromatic rings. The third-order valence-corrected chi connectivity index (χ3v) is 5.02. The number of pyridine rings is 1. The number of nitrogens with one attached hydrogen (secondary N) is 2. The van der Waals surface area contributed by atoms with E-state index in [2.05, 4.69) is 38.5 Å². The minimum absolute atomic E-state index is 0. The Morgan fingerprint density at radius 2 is 2.06 bits per heavy atom. The van der Waals surface area contributed by atoms with Crippen LogP contribution in [-0.4, -0.2) is 54.2 Å². The van der Waals surface area contributed by atoms with Crippen LogP contribution in [0.3, 0.4) is 0 Å².